The van der Waals surface area contributed by atoms with Crippen molar-refractivity contribution in [3.05, 3.63) is 76.3 Å². The third-order valence-electron chi connectivity index (χ3n) is 6.00. The number of hydrogen-bond acceptors (Lipinski definition) is 9. The Bertz CT molecular complexity index is 1500. The first-order valence-corrected chi connectivity index (χ1v) is 12.9. The van der Waals surface area contributed by atoms with Crippen molar-refractivity contribution in [2.24, 2.45) is 0 Å². The number of benzene rings is 3. The highest BCUT2D eigenvalue weighted by molar-refractivity contribution is 7.80. The van der Waals surface area contributed by atoms with Gasteiger partial charge in [0.2, 0.25) is 0 Å². The second kappa shape index (κ2) is 11.1. The largest absolute Gasteiger partial charge is 0.495 e. The first-order chi connectivity index (χ1) is 18.4. The number of fused-ring (bicyclic) bond motifs is 1. The maximum atomic E-state index is 12.9. The van der Waals surface area contributed by atoms with Crippen molar-refractivity contribution < 1.29 is 19.2 Å². The summed E-state index contributed by atoms with van der Waals surface area (Å²) in [5, 5.41) is 18.2. The Morgan fingerprint density at radius 3 is 2.68 bits per heavy atom. The Kier molecular flexibility index (Phi) is 7.45. The van der Waals surface area contributed by atoms with Crippen LogP contribution in [0.4, 0.5) is 17.1 Å². The number of nitro groups is 1. The minimum atomic E-state index is -0.569. The zero-order valence-electron chi connectivity index (χ0n) is 20.3. The molecule has 1 saturated heterocycles. The molecule has 0 spiro atoms. The normalized spacial score (nSPS) is 13.2. The third-order valence-corrected chi connectivity index (χ3v) is 7.29. The number of nitrogens with zero attached hydrogens (tertiary/aromatic N) is 3. The average molecular weight is 550 g/mol. The summed E-state index contributed by atoms with van der Waals surface area (Å²) >= 11 is 6.94. The molecule has 194 valence electrons. The first kappa shape index (κ1) is 25.5. The van der Waals surface area contributed by atoms with E-state index in [4.69, 9.17) is 26.7 Å². The molecule has 0 aliphatic carbocycles. The number of hydrogen-bond donors (Lipinski definition) is 2. The number of thiocarbonyl (C=S) groups is 1. The van der Waals surface area contributed by atoms with Crippen LogP contribution in [0, 0.1) is 10.1 Å². The second-order valence-electron chi connectivity index (χ2n) is 8.37. The number of thiazole rings is 1. The number of amides is 1. The number of carbonyl (C=O) groups excluding carboxylic acids is 1. The number of rotatable bonds is 6. The monoisotopic (exact) mass is 549 g/mol. The van der Waals surface area contributed by atoms with Gasteiger partial charge < -0.3 is 19.7 Å². The lowest BCUT2D eigenvalue weighted by Gasteiger charge is -2.28. The van der Waals surface area contributed by atoms with Crippen LogP contribution >= 0.6 is 23.6 Å². The zero-order valence-corrected chi connectivity index (χ0v) is 21.9. The molecule has 38 heavy (non-hydrogen) atoms. The zero-order chi connectivity index (χ0) is 26.6. The van der Waals surface area contributed by atoms with Crippen LogP contribution in [0.2, 0.25) is 0 Å². The van der Waals surface area contributed by atoms with E-state index in [1.807, 2.05) is 41.3 Å². The van der Waals surface area contributed by atoms with Gasteiger partial charge in [0, 0.05) is 30.3 Å². The molecular weight excluding hydrogens is 526 g/mol. The van der Waals surface area contributed by atoms with Crippen LogP contribution in [0.1, 0.15) is 10.4 Å². The lowest BCUT2D eigenvalue weighted by atomic mass is 10.1. The van der Waals surface area contributed by atoms with E-state index >= 15 is 0 Å². The summed E-state index contributed by atoms with van der Waals surface area (Å²) in [7, 11) is 1.54. The first-order valence-electron chi connectivity index (χ1n) is 11.7. The van der Waals surface area contributed by atoms with Crippen molar-refractivity contribution in [3.8, 4) is 16.3 Å². The number of methoxy groups -OCH3 is 1. The van der Waals surface area contributed by atoms with Crippen molar-refractivity contribution >= 4 is 61.9 Å². The van der Waals surface area contributed by atoms with Gasteiger partial charge in [-0.25, -0.2) is 4.98 Å². The maximum Gasteiger partial charge on any atom is 0.293 e. The van der Waals surface area contributed by atoms with Crippen molar-refractivity contribution in [1.29, 1.82) is 0 Å². The molecule has 0 radical (unpaired) electrons. The summed E-state index contributed by atoms with van der Waals surface area (Å²) in [5.74, 6) is -0.0441. The summed E-state index contributed by atoms with van der Waals surface area (Å²) in [6, 6.07) is 17.8. The van der Waals surface area contributed by atoms with Crippen LogP contribution in [-0.2, 0) is 4.74 Å². The molecule has 0 bridgehead atoms. The summed E-state index contributed by atoms with van der Waals surface area (Å²) in [4.78, 5) is 30.7. The lowest BCUT2D eigenvalue weighted by molar-refractivity contribution is -0.384. The summed E-state index contributed by atoms with van der Waals surface area (Å²) in [6.07, 6.45) is 0. The van der Waals surface area contributed by atoms with Crippen molar-refractivity contribution in [2.45, 2.75) is 0 Å². The molecule has 12 heteroatoms. The number of nitrogens with one attached hydrogen (secondary N) is 2. The number of ether oxygens (including phenoxy) is 2. The molecule has 1 aliphatic rings. The second-order valence-corrected chi connectivity index (χ2v) is 9.81. The number of aromatic nitrogens is 1. The van der Waals surface area contributed by atoms with Crippen LogP contribution in [0.15, 0.2) is 60.7 Å². The fourth-order valence-corrected chi connectivity index (χ4v) is 5.31. The number of para-hydroxylation sites is 1. The van der Waals surface area contributed by atoms with E-state index in [-0.39, 0.29) is 16.4 Å². The average Bonchev–Trinajstić information content (AvgIpc) is 3.37. The fraction of sp³-hybridized carbons (Fsp3) is 0.192. The molecule has 3 aromatic carbocycles. The molecule has 10 nitrogen and oxygen atoms in total. The molecule has 0 saturated carbocycles. The van der Waals surface area contributed by atoms with Crippen molar-refractivity contribution in [3.63, 3.8) is 0 Å². The number of nitro benzene ring substituents is 1. The van der Waals surface area contributed by atoms with Crippen LogP contribution in [0.3, 0.4) is 0 Å². The van der Waals surface area contributed by atoms with E-state index in [0.29, 0.717) is 43.4 Å². The molecule has 2 N–H and O–H groups in total. The Morgan fingerprint density at radius 2 is 1.95 bits per heavy atom. The molecule has 1 aliphatic heterocycles. The van der Waals surface area contributed by atoms with E-state index in [1.165, 1.54) is 13.2 Å². The summed E-state index contributed by atoms with van der Waals surface area (Å²) in [6.45, 7) is 2.06. The van der Waals surface area contributed by atoms with E-state index in [1.54, 1.807) is 29.5 Å². The quantitative estimate of drug-likeness (QED) is 0.198. The van der Waals surface area contributed by atoms with Gasteiger partial charge in [0.05, 0.1) is 41.2 Å². The molecule has 0 atom stereocenters. The Morgan fingerprint density at radius 1 is 1.16 bits per heavy atom. The van der Waals surface area contributed by atoms with E-state index in [2.05, 4.69) is 10.6 Å². The minimum absolute atomic E-state index is 0.0228. The fourth-order valence-electron chi connectivity index (χ4n) is 4.15. The Labute approximate surface area is 227 Å². The molecular formula is C26H23N5O5S2. The van der Waals surface area contributed by atoms with Crippen LogP contribution in [-0.4, -0.2) is 54.3 Å². The van der Waals surface area contributed by atoms with Crippen LogP contribution in [0.5, 0.6) is 5.75 Å². The predicted molar refractivity (Wildman–Crippen MR) is 151 cm³/mol. The lowest BCUT2D eigenvalue weighted by Crippen LogP contribution is -2.37. The third kappa shape index (κ3) is 5.42. The molecule has 2 heterocycles. The van der Waals surface area contributed by atoms with Gasteiger partial charge >= 0.3 is 0 Å². The maximum absolute atomic E-state index is 12.9. The summed E-state index contributed by atoms with van der Waals surface area (Å²) in [5.41, 5.74) is 2.74. The van der Waals surface area contributed by atoms with E-state index in [9.17, 15) is 14.9 Å². The van der Waals surface area contributed by atoms with Gasteiger partial charge in [-0.15, -0.1) is 11.3 Å². The van der Waals surface area contributed by atoms with E-state index < -0.39 is 10.8 Å². The van der Waals surface area contributed by atoms with Gasteiger partial charge in [-0.1, -0.05) is 12.1 Å². The smallest absolute Gasteiger partial charge is 0.293 e. The highest BCUT2D eigenvalue weighted by Crippen LogP contribution is 2.35. The van der Waals surface area contributed by atoms with E-state index in [0.717, 1.165) is 20.8 Å². The van der Waals surface area contributed by atoms with Gasteiger partial charge in [0.25, 0.3) is 11.6 Å². The van der Waals surface area contributed by atoms with Gasteiger partial charge in [-0.2, -0.15) is 0 Å². The highest BCUT2D eigenvalue weighted by Gasteiger charge is 2.24. The number of anilines is 2. The molecule has 1 fully saturated rings. The molecule has 5 rings (SSSR count). The van der Waals surface area contributed by atoms with Crippen LogP contribution < -0.4 is 20.3 Å². The molecule has 1 amide bonds. The molecule has 1 aromatic heterocycles. The van der Waals surface area contributed by atoms with Crippen LogP contribution in [0.25, 0.3) is 20.8 Å². The highest BCUT2D eigenvalue weighted by atomic mass is 32.1. The minimum Gasteiger partial charge on any atom is -0.495 e. The molecule has 4 aromatic rings. The number of carbonyl (C=O) groups is 1. The number of morpholine rings is 1. The molecule has 0 unspecified atom stereocenters. The Hall–Kier alpha value is -4.13. The SMILES string of the molecule is COc1ccc(-c2nc3ccccc3s2)cc1NC(=S)NC(=O)c1ccc(N2CCOCC2)c([N+](=O)[O-])c1. The van der Waals surface area contributed by atoms with Crippen molar-refractivity contribution in [2.75, 3.05) is 43.6 Å². The van der Waals surface area contributed by atoms with Gasteiger partial charge in [0.15, 0.2) is 5.11 Å². The van der Waals surface area contributed by atoms with Gasteiger partial charge in [-0.3, -0.25) is 20.2 Å². The van der Waals surface area contributed by atoms with Gasteiger partial charge in [-0.05, 0) is 54.7 Å². The topological polar surface area (TPSA) is 119 Å². The Balaban J connectivity index is 1.33. The predicted octanol–water partition coefficient (Wildman–Crippen LogP) is 4.84. The van der Waals surface area contributed by atoms with Crippen molar-refractivity contribution in [1.82, 2.24) is 10.3 Å². The van der Waals surface area contributed by atoms with Gasteiger partial charge in [0.1, 0.15) is 16.4 Å². The standard InChI is InChI=1S/C26H23N5O5S2/c1-35-22-9-7-17(25-27-18-4-2-3-5-23(18)38-25)14-19(22)28-26(37)29-24(32)16-6-8-20(21(15-16)31(33)34)30-10-12-36-13-11-30/h2-9,14-15H,10-13H2,1H3,(H2,28,29,32,37). The summed E-state index contributed by atoms with van der Waals surface area (Å²) < 4.78 is 11.9.